The number of anilines is 2. The van der Waals surface area contributed by atoms with Crippen molar-refractivity contribution in [1.82, 2.24) is 14.7 Å². The van der Waals surface area contributed by atoms with E-state index in [4.69, 9.17) is 11.6 Å². The van der Waals surface area contributed by atoms with Crippen LogP contribution in [0.1, 0.15) is 6.92 Å². The maximum absolute atomic E-state index is 12.9. The number of rotatable bonds is 7. The first-order chi connectivity index (χ1) is 16.5. The van der Waals surface area contributed by atoms with Crippen LogP contribution in [0.2, 0.25) is 5.02 Å². The molecule has 0 saturated heterocycles. The zero-order valence-corrected chi connectivity index (χ0v) is 19.4. The highest BCUT2D eigenvalue weighted by Crippen LogP contribution is 2.25. The molecule has 0 spiro atoms. The van der Waals surface area contributed by atoms with Gasteiger partial charge in [-0.05, 0) is 43.3 Å². The van der Waals surface area contributed by atoms with Gasteiger partial charge in [0.25, 0.3) is 0 Å². The van der Waals surface area contributed by atoms with Crippen LogP contribution in [0.5, 0.6) is 0 Å². The monoisotopic (exact) mass is 473 g/mol. The Morgan fingerprint density at radius 3 is 2.21 bits per heavy atom. The maximum Gasteiger partial charge on any atom is 0.322 e. The summed E-state index contributed by atoms with van der Waals surface area (Å²) in [6.45, 7) is 2.09. The molecule has 0 bridgehead atoms. The number of hydrogen-bond donors (Lipinski definition) is 2. The first kappa shape index (κ1) is 23.1. The number of nitrogens with one attached hydrogen (secondary N) is 2. The summed E-state index contributed by atoms with van der Waals surface area (Å²) in [6, 6.07) is 27.5. The second-order valence-electron chi connectivity index (χ2n) is 7.53. The summed E-state index contributed by atoms with van der Waals surface area (Å²) in [7, 11) is 0. The number of benzene rings is 3. The maximum atomic E-state index is 12.9. The minimum absolute atomic E-state index is 0.109. The van der Waals surface area contributed by atoms with Crippen molar-refractivity contribution in [2.75, 3.05) is 23.7 Å². The number of nitrogens with zero attached hydrogens (tertiary/aromatic N) is 3. The SMILES string of the molecule is CCN(CC(=O)Nc1cc(-c2ccccc2)nn1-c1ccc(Cl)cc1)C(=O)Nc1ccccc1. The van der Waals surface area contributed by atoms with Crippen LogP contribution in [0.3, 0.4) is 0 Å². The molecule has 172 valence electrons. The molecule has 7 nitrogen and oxygen atoms in total. The Kier molecular flexibility index (Phi) is 7.25. The molecule has 0 atom stereocenters. The van der Waals surface area contributed by atoms with E-state index in [0.717, 1.165) is 11.3 Å². The standard InChI is InChI=1S/C26H24ClN5O2/c1-2-31(26(34)28-21-11-7-4-8-12-21)18-25(33)29-24-17-23(19-9-5-3-6-10-19)30-32(24)22-15-13-20(27)14-16-22/h3-17H,2,18H2,1H3,(H,28,34)(H,29,33). The van der Waals surface area contributed by atoms with Crippen molar-refractivity contribution in [1.29, 1.82) is 0 Å². The molecule has 0 aliphatic rings. The van der Waals surface area contributed by atoms with Crippen molar-refractivity contribution < 1.29 is 9.59 Å². The van der Waals surface area contributed by atoms with Crippen molar-refractivity contribution in [2.24, 2.45) is 0 Å². The van der Waals surface area contributed by atoms with Crippen LogP contribution in [0, 0.1) is 0 Å². The van der Waals surface area contributed by atoms with Crippen LogP contribution in [0.4, 0.5) is 16.3 Å². The number of para-hydroxylation sites is 1. The molecule has 8 heteroatoms. The third-order valence-corrected chi connectivity index (χ3v) is 5.40. The molecule has 3 aromatic carbocycles. The molecule has 1 heterocycles. The van der Waals surface area contributed by atoms with Gasteiger partial charge in [-0.3, -0.25) is 4.79 Å². The van der Waals surface area contributed by atoms with Crippen LogP contribution in [0.25, 0.3) is 16.9 Å². The first-order valence-electron chi connectivity index (χ1n) is 10.9. The molecule has 0 fully saturated rings. The zero-order valence-electron chi connectivity index (χ0n) is 18.6. The molecule has 0 unspecified atom stereocenters. The molecular formula is C26H24ClN5O2. The fourth-order valence-electron chi connectivity index (χ4n) is 3.41. The summed E-state index contributed by atoms with van der Waals surface area (Å²) >= 11 is 6.04. The second kappa shape index (κ2) is 10.7. The average Bonchev–Trinajstić information content (AvgIpc) is 3.27. The number of aromatic nitrogens is 2. The predicted molar refractivity (Wildman–Crippen MR) is 135 cm³/mol. The summed E-state index contributed by atoms with van der Waals surface area (Å²) in [4.78, 5) is 27.0. The Morgan fingerprint density at radius 2 is 1.56 bits per heavy atom. The number of amides is 3. The van der Waals surface area contributed by atoms with E-state index in [9.17, 15) is 9.59 Å². The Balaban J connectivity index is 1.54. The lowest BCUT2D eigenvalue weighted by Gasteiger charge is -2.21. The van der Waals surface area contributed by atoms with Gasteiger partial charge >= 0.3 is 6.03 Å². The van der Waals surface area contributed by atoms with E-state index in [1.807, 2.05) is 73.7 Å². The molecule has 3 amide bonds. The van der Waals surface area contributed by atoms with Gasteiger partial charge in [0, 0.05) is 28.9 Å². The lowest BCUT2D eigenvalue weighted by Crippen LogP contribution is -2.40. The molecule has 4 aromatic rings. The van der Waals surface area contributed by atoms with Crippen LogP contribution in [0.15, 0.2) is 91.0 Å². The van der Waals surface area contributed by atoms with Crippen LogP contribution in [-0.2, 0) is 4.79 Å². The van der Waals surface area contributed by atoms with Crippen LogP contribution < -0.4 is 10.6 Å². The zero-order chi connectivity index (χ0) is 23.9. The van der Waals surface area contributed by atoms with E-state index < -0.39 is 0 Å². The average molecular weight is 474 g/mol. The lowest BCUT2D eigenvalue weighted by atomic mass is 10.1. The highest BCUT2D eigenvalue weighted by Gasteiger charge is 2.18. The molecule has 1 aromatic heterocycles. The van der Waals surface area contributed by atoms with Crippen molar-refractivity contribution in [3.8, 4) is 16.9 Å². The molecule has 2 N–H and O–H groups in total. The van der Waals surface area contributed by atoms with Gasteiger partial charge in [0.1, 0.15) is 12.4 Å². The van der Waals surface area contributed by atoms with Gasteiger partial charge in [-0.15, -0.1) is 0 Å². The Morgan fingerprint density at radius 1 is 0.912 bits per heavy atom. The molecular weight excluding hydrogens is 450 g/mol. The van der Waals surface area contributed by atoms with E-state index in [0.29, 0.717) is 28.8 Å². The van der Waals surface area contributed by atoms with E-state index >= 15 is 0 Å². The third-order valence-electron chi connectivity index (χ3n) is 5.15. The molecule has 0 aliphatic carbocycles. The molecule has 4 rings (SSSR count). The van der Waals surface area contributed by atoms with Gasteiger partial charge in [-0.1, -0.05) is 60.1 Å². The van der Waals surface area contributed by atoms with Crippen LogP contribution in [-0.4, -0.2) is 39.7 Å². The Hall–Kier alpha value is -4.10. The minimum atomic E-state index is -0.347. The van der Waals surface area contributed by atoms with Crippen molar-refractivity contribution in [3.63, 3.8) is 0 Å². The minimum Gasteiger partial charge on any atom is -0.315 e. The van der Waals surface area contributed by atoms with E-state index in [-0.39, 0.29) is 18.5 Å². The molecule has 0 radical (unpaired) electrons. The van der Waals surface area contributed by atoms with E-state index in [2.05, 4.69) is 15.7 Å². The van der Waals surface area contributed by atoms with Gasteiger partial charge < -0.3 is 15.5 Å². The van der Waals surface area contributed by atoms with Crippen molar-refractivity contribution in [2.45, 2.75) is 6.92 Å². The molecule has 0 saturated carbocycles. The fraction of sp³-hybridized carbons (Fsp3) is 0.115. The molecule has 0 aliphatic heterocycles. The number of urea groups is 1. The summed E-state index contributed by atoms with van der Waals surface area (Å²) < 4.78 is 1.65. The summed E-state index contributed by atoms with van der Waals surface area (Å²) in [5.41, 5.74) is 3.04. The number of hydrogen-bond acceptors (Lipinski definition) is 3. The summed E-state index contributed by atoms with van der Waals surface area (Å²) in [5, 5.41) is 11.0. The highest BCUT2D eigenvalue weighted by atomic mass is 35.5. The largest absolute Gasteiger partial charge is 0.322 e. The van der Waals surface area contributed by atoms with E-state index in [1.54, 1.807) is 28.9 Å². The number of halogens is 1. The molecule has 34 heavy (non-hydrogen) atoms. The summed E-state index contributed by atoms with van der Waals surface area (Å²) in [5.74, 6) is 0.158. The normalized spacial score (nSPS) is 10.5. The first-order valence-corrected chi connectivity index (χ1v) is 11.2. The van der Waals surface area contributed by atoms with Crippen molar-refractivity contribution in [3.05, 3.63) is 96.0 Å². The fourth-order valence-corrected chi connectivity index (χ4v) is 3.53. The number of carbonyl (C=O) groups is 2. The highest BCUT2D eigenvalue weighted by molar-refractivity contribution is 6.30. The van der Waals surface area contributed by atoms with Crippen molar-refractivity contribution >= 4 is 35.0 Å². The van der Waals surface area contributed by atoms with Gasteiger partial charge in [0.05, 0.1) is 11.4 Å². The number of carbonyl (C=O) groups excluding carboxylic acids is 2. The van der Waals surface area contributed by atoms with E-state index in [1.165, 1.54) is 4.90 Å². The predicted octanol–water partition coefficient (Wildman–Crippen LogP) is 5.69. The van der Waals surface area contributed by atoms with Gasteiger partial charge in [-0.2, -0.15) is 5.10 Å². The smallest absolute Gasteiger partial charge is 0.315 e. The Bertz CT molecular complexity index is 1260. The van der Waals surface area contributed by atoms with Crippen LogP contribution >= 0.6 is 11.6 Å². The topological polar surface area (TPSA) is 79.3 Å². The Labute approximate surface area is 203 Å². The number of likely N-dealkylation sites (N-methyl/N-ethyl adjacent to an activating group) is 1. The quantitative estimate of drug-likeness (QED) is 0.362. The van der Waals surface area contributed by atoms with Gasteiger partial charge in [0.15, 0.2) is 0 Å². The second-order valence-corrected chi connectivity index (χ2v) is 7.96. The third kappa shape index (κ3) is 5.63. The van der Waals surface area contributed by atoms with Gasteiger partial charge in [0.2, 0.25) is 5.91 Å². The lowest BCUT2D eigenvalue weighted by molar-refractivity contribution is -0.116. The van der Waals surface area contributed by atoms with Gasteiger partial charge in [-0.25, -0.2) is 9.48 Å². The summed E-state index contributed by atoms with van der Waals surface area (Å²) in [6.07, 6.45) is 0.